The fourth-order valence-electron chi connectivity index (χ4n) is 1.17. The fraction of sp³-hybridized carbons (Fsp3) is 0.909. The van der Waals surface area contributed by atoms with Gasteiger partial charge in [0.15, 0.2) is 5.60 Å². The van der Waals surface area contributed by atoms with Crippen molar-refractivity contribution >= 4 is 17.7 Å². The Balaban J connectivity index is 3.81. The van der Waals surface area contributed by atoms with Gasteiger partial charge in [-0.05, 0) is 31.8 Å². The topological polar surface area (TPSA) is 58.6 Å². The molecule has 0 aliphatic carbocycles. The minimum Gasteiger partial charge on any atom is -0.467 e. The van der Waals surface area contributed by atoms with Crippen molar-refractivity contribution in [1.82, 2.24) is 5.32 Å². The van der Waals surface area contributed by atoms with Gasteiger partial charge in [-0.25, -0.2) is 4.79 Å². The normalized spacial score (nSPS) is 16.6. The molecule has 0 rings (SSSR count). The maximum atomic E-state index is 11.2. The van der Waals surface area contributed by atoms with Crippen LogP contribution in [0.15, 0.2) is 0 Å². The highest BCUT2D eigenvalue weighted by molar-refractivity contribution is 7.99. The number of carbonyl (C=O) groups excluding carboxylic acids is 1. The lowest BCUT2D eigenvalue weighted by Crippen LogP contribution is -2.47. The van der Waals surface area contributed by atoms with Gasteiger partial charge in [0.2, 0.25) is 0 Å². The van der Waals surface area contributed by atoms with E-state index < -0.39 is 11.6 Å². The van der Waals surface area contributed by atoms with E-state index >= 15 is 0 Å². The average molecular weight is 249 g/mol. The molecule has 2 N–H and O–H groups in total. The Kier molecular flexibility index (Phi) is 7.80. The molecule has 0 saturated carbocycles. The zero-order chi connectivity index (χ0) is 12.6. The van der Waals surface area contributed by atoms with Gasteiger partial charge in [0, 0.05) is 12.6 Å². The fourth-order valence-corrected chi connectivity index (χ4v) is 1.98. The van der Waals surface area contributed by atoms with Crippen LogP contribution in [0.3, 0.4) is 0 Å². The van der Waals surface area contributed by atoms with Crippen molar-refractivity contribution in [2.75, 3.05) is 25.2 Å². The van der Waals surface area contributed by atoms with E-state index in [0.717, 1.165) is 17.9 Å². The largest absolute Gasteiger partial charge is 0.467 e. The lowest BCUT2D eigenvalue weighted by atomic mass is 10.1. The maximum absolute atomic E-state index is 11.2. The van der Waals surface area contributed by atoms with Gasteiger partial charge in [0.05, 0.1) is 7.11 Å². The van der Waals surface area contributed by atoms with E-state index in [4.69, 9.17) is 0 Å². The summed E-state index contributed by atoms with van der Waals surface area (Å²) in [5.41, 5.74) is -1.44. The van der Waals surface area contributed by atoms with Crippen molar-refractivity contribution in [3.05, 3.63) is 0 Å². The average Bonchev–Trinajstić information content (AvgIpc) is 2.25. The molecule has 2 atom stereocenters. The van der Waals surface area contributed by atoms with Crippen LogP contribution in [0.4, 0.5) is 0 Å². The minimum atomic E-state index is -1.44. The standard InChI is InChI=1S/C11H23NO3S/c1-5-16-7-6-9(2)12-8-11(3,14)10(13)15-4/h9,12,14H,5-8H2,1-4H3. The molecule has 0 saturated heterocycles. The predicted octanol–water partition coefficient (Wildman–Crippen LogP) is 1.03. The first kappa shape index (κ1) is 15.7. The summed E-state index contributed by atoms with van der Waals surface area (Å²) in [4.78, 5) is 11.2. The summed E-state index contributed by atoms with van der Waals surface area (Å²) >= 11 is 1.89. The van der Waals surface area contributed by atoms with Gasteiger partial charge in [-0.15, -0.1) is 0 Å². The summed E-state index contributed by atoms with van der Waals surface area (Å²) < 4.78 is 4.51. The Labute approximate surface area is 102 Å². The summed E-state index contributed by atoms with van der Waals surface area (Å²) in [6, 6.07) is 0.287. The lowest BCUT2D eigenvalue weighted by molar-refractivity contribution is -0.160. The van der Waals surface area contributed by atoms with Crippen LogP contribution < -0.4 is 5.32 Å². The molecule has 0 fully saturated rings. The second kappa shape index (κ2) is 7.92. The van der Waals surface area contributed by atoms with E-state index in [1.165, 1.54) is 14.0 Å². The number of thioether (sulfide) groups is 1. The molecule has 0 heterocycles. The number of carbonyl (C=O) groups is 1. The second-order valence-electron chi connectivity index (χ2n) is 4.03. The van der Waals surface area contributed by atoms with Gasteiger partial charge < -0.3 is 15.2 Å². The van der Waals surface area contributed by atoms with Crippen molar-refractivity contribution < 1.29 is 14.6 Å². The molecule has 0 spiro atoms. The number of ether oxygens (including phenoxy) is 1. The number of hydrogen-bond acceptors (Lipinski definition) is 5. The quantitative estimate of drug-likeness (QED) is 0.497. The molecule has 0 aliphatic rings. The second-order valence-corrected chi connectivity index (χ2v) is 5.43. The van der Waals surface area contributed by atoms with Gasteiger partial charge in [-0.3, -0.25) is 0 Å². The first-order chi connectivity index (χ1) is 7.44. The molecule has 0 aromatic carbocycles. The SMILES string of the molecule is CCSCCC(C)NCC(C)(O)C(=O)OC. The van der Waals surface area contributed by atoms with Crippen LogP contribution in [0.2, 0.25) is 0 Å². The molecule has 96 valence electrons. The molecule has 0 radical (unpaired) electrons. The van der Waals surface area contributed by atoms with E-state index in [0.29, 0.717) is 0 Å². The summed E-state index contributed by atoms with van der Waals surface area (Å²) in [6.07, 6.45) is 1.02. The zero-order valence-corrected chi connectivity index (χ0v) is 11.4. The van der Waals surface area contributed by atoms with Crippen molar-refractivity contribution in [2.45, 2.75) is 38.8 Å². The Morgan fingerprint density at radius 1 is 1.62 bits per heavy atom. The summed E-state index contributed by atoms with van der Waals surface area (Å²) in [7, 11) is 1.28. The van der Waals surface area contributed by atoms with E-state index in [9.17, 15) is 9.90 Å². The highest BCUT2D eigenvalue weighted by Gasteiger charge is 2.31. The first-order valence-corrected chi connectivity index (χ1v) is 6.71. The third-order valence-electron chi connectivity index (χ3n) is 2.32. The Hall–Kier alpha value is -0.260. The molecule has 2 unspecified atom stereocenters. The molecular weight excluding hydrogens is 226 g/mol. The number of aliphatic hydroxyl groups is 1. The molecule has 0 aliphatic heterocycles. The van der Waals surface area contributed by atoms with Gasteiger partial charge in [0.1, 0.15) is 0 Å². The predicted molar refractivity (Wildman–Crippen MR) is 67.7 cm³/mol. The number of hydrogen-bond donors (Lipinski definition) is 2. The van der Waals surface area contributed by atoms with E-state index in [-0.39, 0.29) is 12.6 Å². The van der Waals surface area contributed by atoms with E-state index in [1.807, 2.05) is 18.7 Å². The molecule has 4 nitrogen and oxygen atoms in total. The molecular formula is C11H23NO3S. The number of methoxy groups -OCH3 is 1. The Morgan fingerprint density at radius 3 is 2.75 bits per heavy atom. The van der Waals surface area contributed by atoms with Gasteiger partial charge >= 0.3 is 5.97 Å². The minimum absolute atomic E-state index is 0.220. The van der Waals surface area contributed by atoms with Gasteiger partial charge in [-0.2, -0.15) is 11.8 Å². The first-order valence-electron chi connectivity index (χ1n) is 5.56. The third kappa shape index (κ3) is 6.35. The van der Waals surface area contributed by atoms with Crippen LogP contribution >= 0.6 is 11.8 Å². The van der Waals surface area contributed by atoms with Crippen LogP contribution in [-0.2, 0) is 9.53 Å². The van der Waals surface area contributed by atoms with Gasteiger partial charge in [0.25, 0.3) is 0 Å². The number of rotatable bonds is 8. The smallest absolute Gasteiger partial charge is 0.338 e. The van der Waals surface area contributed by atoms with Crippen molar-refractivity contribution in [1.29, 1.82) is 0 Å². The summed E-state index contributed by atoms with van der Waals surface area (Å²) in [5.74, 6) is 1.60. The van der Waals surface area contributed by atoms with Crippen LogP contribution in [0.1, 0.15) is 27.2 Å². The van der Waals surface area contributed by atoms with Crippen LogP contribution in [-0.4, -0.2) is 47.9 Å². The Morgan fingerprint density at radius 2 is 2.25 bits per heavy atom. The maximum Gasteiger partial charge on any atom is 0.338 e. The number of nitrogens with one attached hydrogen (secondary N) is 1. The van der Waals surface area contributed by atoms with Crippen molar-refractivity contribution in [3.63, 3.8) is 0 Å². The molecule has 0 amide bonds. The molecule has 16 heavy (non-hydrogen) atoms. The molecule has 0 aromatic heterocycles. The molecule has 0 bridgehead atoms. The van der Waals surface area contributed by atoms with Crippen LogP contribution in [0, 0.1) is 0 Å². The van der Waals surface area contributed by atoms with Crippen molar-refractivity contribution in [3.8, 4) is 0 Å². The highest BCUT2D eigenvalue weighted by atomic mass is 32.2. The van der Waals surface area contributed by atoms with E-state index in [1.54, 1.807) is 0 Å². The molecule has 0 aromatic rings. The third-order valence-corrected chi connectivity index (χ3v) is 3.25. The molecule has 5 heteroatoms. The van der Waals surface area contributed by atoms with Gasteiger partial charge in [-0.1, -0.05) is 6.92 Å². The van der Waals surface area contributed by atoms with Crippen LogP contribution in [0.25, 0.3) is 0 Å². The lowest BCUT2D eigenvalue weighted by Gasteiger charge is -2.23. The highest BCUT2D eigenvalue weighted by Crippen LogP contribution is 2.07. The summed E-state index contributed by atoms with van der Waals surface area (Å²) in [5, 5.41) is 12.9. The number of esters is 1. The van der Waals surface area contributed by atoms with Crippen LogP contribution in [0.5, 0.6) is 0 Å². The van der Waals surface area contributed by atoms with E-state index in [2.05, 4.69) is 17.0 Å². The summed E-state index contributed by atoms with van der Waals surface area (Å²) in [6.45, 7) is 5.85. The Bertz CT molecular complexity index is 209. The zero-order valence-electron chi connectivity index (χ0n) is 10.6. The monoisotopic (exact) mass is 249 g/mol. The van der Waals surface area contributed by atoms with Crippen molar-refractivity contribution in [2.24, 2.45) is 0 Å².